The van der Waals surface area contributed by atoms with Crippen molar-refractivity contribution in [1.29, 1.82) is 0 Å². The van der Waals surface area contributed by atoms with E-state index in [1.165, 1.54) is 12.1 Å². The summed E-state index contributed by atoms with van der Waals surface area (Å²) in [6.45, 7) is 2.09. The van der Waals surface area contributed by atoms with Gasteiger partial charge in [-0.3, -0.25) is 4.79 Å². The molecule has 9 nitrogen and oxygen atoms in total. The van der Waals surface area contributed by atoms with Gasteiger partial charge in [-0.05, 0) is 43.5 Å². The number of nitrogens with one attached hydrogen (secondary N) is 2. The second-order valence-electron chi connectivity index (χ2n) is 8.15. The van der Waals surface area contributed by atoms with Crippen LogP contribution < -0.4 is 24.2 Å². The normalized spacial score (nSPS) is 18.1. The van der Waals surface area contributed by atoms with Crippen LogP contribution in [0.2, 0.25) is 0 Å². The number of hydrogen-bond donors (Lipinski definition) is 2. The molecule has 1 unspecified atom stereocenters. The monoisotopic (exact) mass is 490 g/mol. The van der Waals surface area contributed by atoms with Crippen molar-refractivity contribution < 1.29 is 32.2 Å². The van der Waals surface area contributed by atoms with E-state index in [1.807, 2.05) is 6.07 Å². The first-order valence-electron chi connectivity index (χ1n) is 11.5. The number of carbonyl (C=O) groups is 1. The molecule has 1 saturated heterocycles. The average molecular weight is 491 g/mol. The Balaban J connectivity index is 1.28. The molecule has 34 heavy (non-hydrogen) atoms. The Kier molecular flexibility index (Phi) is 8.25. The van der Waals surface area contributed by atoms with Crippen molar-refractivity contribution in [3.05, 3.63) is 42.5 Å². The Bertz CT molecular complexity index is 1080. The topological polar surface area (TPSA) is 112 Å². The van der Waals surface area contributed by atoms with E-state index in [2.05, 4.69) is 10.0 Å². The molecule has 2 aliphatic heterocycles. The van der Waals surface area contributed by atoms with Gasteiger partial charge in [-0.25, -0.2) is 13.1 Å². The van der Waals surface area contributed by atoms with Crippen LogP contribution in [0.15, 0.2) is 47.4 Å². The third kappa shape index (κ3) is 6.62. The highest BCUT2D eigenvalue weighted by Gasteiger charge is 2.19. The maximum Gasteiger partial charge on any atom is 0.240 e. The van der Waals surface area contributed by atoms with Gasteiger partial charge in [-0.2, -0.15) is 0 Å². The summed E-state index contributed by atoms with van der Waals surface area (Å²) in [6, 6.07) is 11.6. The smallest absolute Gasteiger partial charge is 0.240 e. The molecule has 2 heterocycles. The van der Waals surface area contributed by atoms with Gasteiger partial charge < -0.3 is 24.3 Å². The molecular weight excluding hydrogens is 460 g/mol. The van der Waals surface area contributed by atoms with Gasteiger partial charge in [0, 0.05) is 32.1 Å². The fraction of sp³-hybridized carbons (Fsp3) is 0.458. The lowest BCUT2D eigenvalue weighted by Crippen LogP contribution is -2.28. The minimum Gasteiger partial charge on any atom is -0.490 e. The van der Waals surface area contributed by atoms with E-state index in [0.29, 0.717) is 42.8 Å². The van der Waals surface area contributed by atoms with Gasteiger partial charge in [-0.15, -0.1) is 0 Å². The standard InChI is InChI=1S/C24H30N2O7S/c27-24(26-20-7-1-2-8-21(20)33-17-18-6-3-4-13-30-18)11-12-25-34(28,29)19-9-10-22-23(16-19)32-15-5-14-31-22/h1-2,7-10,16,18,25H,3-6,11-15,17H2,(H,26,27). The lowest BCUT2D eigenvalue weighted by atomic mass is 10.1. The Hall–Kier alpha value is -2.82. The predicted molar refractivity (Wildman–Crippen MR) is 126 cm³/mol. The first-order valence-corrected chi connectivity index (χ1v) is 13.0. The molecule has 10 heteroatoms. The minimum absolute atomic E-state index is 0.0378. The second kappa shape index (κ2) is 11.5. The third-order valence-electron chi connectivity index (χ3n) is 5.53. The zero-order valence-corrected chi connectivity index (χ0v) is 19.8. The van der Waals surface area contributed by atoms with Gasteiger partial charge in [-0.1, -0.05) is 12.1 Å². The fourth-order valence-electron chi connectivity index (χ4n) is 3.72. The number of rotatable bonds is 9. The number of ether oxygens (including phenoxy) is 4. The van der Waals surface area contributed by atoms with E-state index < -0.39 is 10.0 Å². The molecule has 0 spiro atoms. The minimum atomic E-state index is -3.81. The SMILES string of the molecule is O=C(CCNS(=O)(=O)c1ccc2c(c1)OCCCO2)Nc1ccccc1OCC1CCCCO1. The van der Waals surface area contributed by atoms with Crippen LogP contribution in [0, 0.1) is 0 Å². The largest absolute Gasteiger partial charge is 0.490 e. The van der Waals surface area contributed by atoms with Gasteiger partial charge in [0.05, 0.1) is 29.9 Å². The van der Waals surface area contributed by atoms with Crippen molar-refractivity contribution in [3.63, 3.8) is 0 Å². The van der Waals surface area contributed by atoms with E-state index in [1.54, 1.807) is 24.3 Å². The van der Waals surface area contributed by atoms with E-state index in [-0.39, 0.29) is 29.9 Å². The summed E-state index contributed by atoms with van der Waals surface area (Å²) in [7, 11) is -3.81. The van der Waals surface area contributed by atoms with E-state index in [0.717, 1.165) is 32.3 Å². The number of para-hydroxylation sites is 2. The van der Waals surface area contributed by atoms with Crippen molar-refractivity contribution in [2.75, 3.05) is 38.3 Å². The Morgan fingerprint density at radius 2 is 1.82 bits per heavy atom. The summed E-state index contributed by atoms with van der Waals surface area (Å²) in [5.74, 6) is 1.14. The van der Waals surface area contributed by atoms with Crippen LogP contribution in [0.3, 0.4) is 0 Å². The third-order valence-corrected chi connectivity index (χ3v) is 6.99. The molecule has 4 rings (SSSR count). The number of benzene rings is 2. The molecule has 0 aromatic heterocycles. The summed E-state index contributed by atoms with van der Waals surface area (Å²) < 4.78 is 50.4. The molecule has 2 N–H and O–H groups in total. The Labute approximate surface area is 199 Å². The molecule has 184 valence electrons. The Morgan fingerprint density at radius 1 is 1.00 bits per heavy atom. The van der Waals surface area contributed by atoms with Crippen molar-refractivity contribution in [2.45, 2.75) is 43.1 Å². The quantitative estimate of drug-likeness (QED) is 0.555. The van der Waals surface area contributed by atoms with Crippen LogP contribution in [0.5, 0.6) is 17.2 Å². The molecule has 0 bridgehead atoms. The number of sulfonamides is 1. The molecule has 0 saturated carbocycles. The van der Waals surface area contributed by atoms with Gasteiger partial charge in [0.25, 0.3) is 0 Å². The van der Waals surface area contributed by atoms with Crippen LogP contribution in [-0.2, 0) is 19.6 Å². The van der Waals surface area contributed by atoms with Crippen molar-refractivity contribution in [2.24, 2.45) is 0 Å². The number of anilines is 1. The molecule has 1 amide bonds. The number of fused-ring (bicyclic) bond motifs is 1. The van der Waals surface area contributed by atoms with Gasteiger partial charge >= 0.3 is 0 Å². The molecule has 1 atom stereocenters. The summed E-state index contributed by atoms with van der Waals surface area (Å²) >= 11 is 0. The van der Waals surface area contributed by atoms with Crippen molar-refractivity contribution >= 4 is 21.6 Å². The highest BCUT2D eigenvalue weighted by molar-refractivity contribution is 7.89. The van der Waals surface area contributed by atoms with Crippen LogP contribution in [0.1, 0.15) is 32.1 Å². The van der Waals surface area contributed by atoms with Gasteiger partial charge in [0.15, 0.2) is 11.5 Å². The first-order chi connectivity index (χ1) is 16.5. The highest BCUT2D eigenvalue weighted by Crippen LogP contribution is 2.32. The van der Waals surface area contributed by atoms with Crippen molar-refractivity contribution in [1.82, 2.24) is 4.72 Å². The lowest BCUT2D eigenvalue weighted by molar-refractivity contribution is -0.116. The van der Waals surface area contributed by atoms with E-state index in [4.69, 9.17) is 18.9 Å². The summed E-state index contributed by atoms with van der Waals surface area (Å²) in [4.78, 5) is 12.5. The van der Waals surface area contributed by atoms with Crippen LogP contribution in [0.25, 0.3) is 0 Å². The molecule has 1 fully saturated rings. The zero-order chi connectivity index (χ0) is 23.8. The molecule has 0 aliphatic carbocycles. The number of amides is 1. The molecule has 2 aromatic carbocycles. The van der Waals surface area contributed by atoms with E-state index >= 15 is 0 Å². The summed E-state index contributed by atoms with van der Waals surface area (Å²) in [5.41, 5.74) is 0.536. The van der Waals surface area contributed by atoms with Crippen LogP contribution >= 0.6 is 0 Å². The fourth-order valence-corrected chi connectivity index (χ4v) is 4.77. The maximum absolute atomic E-state index is 12.7. The van der Waals surface area contributed by atoms with Gasteiger partial charge in [0.1, 0.15) is 12.4 Å². The average Bonchev–Trinajstić information content (AvgIpc) is 3.09. The van der Waals surface area contributed by atoms with Crippen molar-refractivity contribution in [3.8, 4) is 17.2 Å². The second-order valence-corrected chi connectivity index (χ2v) is 9.92. The zero-order valence-electron chi connectivity index (χ0n) is 19.0. The predicted octanol–water partition coefficient (Wildman–Crippen LogP) is 3.10. The highest BCUT2D eigenvalue weighted by atomic mass is 32.2. The number of hydrogen-bond acceptors (Lipinski definition) is 7. The molecular formula is C24H30N2O7S. The lowest BCUT2D eigenvalue weighted by Gasteiger charge is -2.23. The summed E-state index contributed by atoms with van der Waals surface area (Å²) in [5, 5.41) is 2.80. The Morgan fingerprint density at radius 3 is 2.65 bits per heavy atom. The molecule has 0 radical (unpaired) electrons. The number of carbonyl (C=O) groups excluding carboxylic acids is 1. The summed E-state index contributed by atoms with van der Waals surface area (Å²) in [6.07, 6.45) is 3.89. The first kappa shape index (κ1) is 24.3. The van der Waals surface area contributed by atoms with Crippen LogP contribution in [-0.4, -0.2) is 53.4 Å². The van der Waals surface area contributed by atoms with Gasteiger partial charge in [0.2, 0.25) is 15.9 Å². The maximum atomic E-state index is 12.7. The molecule has 2 aliphatic rings. The molecule has 2 aromatic rings. The van der Waals surface area contributed by atoms with Crippen LogP contribution in [0.4, 0.5) is 5.69 Å². The van der Waals surface area contributed by atoms with E-state index in [9.17, 15) is 13.2 Å².